The molecule has 3 heterocycles. The molecule has 8 heteroatoms. The van der Waals surface area contributed by atoms with Gasteiger partial charge in [0.25, 0.3) is 5.56 Å². The van der Waals surface area contributed by atoms with Crippen LogP contribution in [0.5, 0.6) is 0 Å². The van der Waals surface area contributed by atoms with Crippen LogP contribution in [0.3, 0.4) is 0 Å². The molecule has 4 rings (SSSR count). The quantitative estimate of drug-likeness (QED) is 0.538. The minimum Gasteiger partial charge on any atom is -0.324 e. The smallest absolute Gasteiger partial charge is 0.294 e. The van der Waals surface area contributed by atoms with Crippen molar-refractivity contribution < 1.29 is 4.79 Å². The third kappa shape index (κ3) is 3.61. The summed E-state index contributed by atoms with van der Waals surface area (Å²) in [6, 6.07) is 11.5. The Morgan fingerprint density at radius 1 is 1.21 bits per heavy atom. The number of nitrogens with zero attached hydrogens (tertiary/aromatic N) is 3. The van der Waals surface area contributed by atoms with Crippen LogP contribution in [-0.4, -0.2) is 20.7 Å². The Bertz CT molecular complexity index is 1190. The summed E-state index contributed by atoms with van der Waals surface area (Å²) < 4.78 is 1.96. The number of hydrogen-bond acceptors (Lipinski definition) is 6. The highest BCUT2D eigenvalue weighted by molar-refractivity contribution is 7.20. The number of hydrogen-bond donors (Lipinski definition) is 1. The molecule has 142 valence electrons. The molecule has 1 N–H and O–H groups in total. The first-order chi connectivity index (χ1) is 13.5. The van der Waals surface area contributed by atoms with Gasteiger partial charge in [0.05, 0.1) is 14.6 Å². The monoisotopic (exact) mass is 410 g/mol. The zero-order chi connectivity index (χ0) is 19.7. The van der Waals surface area contributed by atoms with E-state index in [-0.39, 0.29) is 18.0 Å². The summed E-state index contributed by atoms with van der Waals surface area (Å²) in [5, 5.41) is 10.1. The fourth-order valence-corrected chi connectivity index (χ4v) is 4.60. The van der Waals surface area contributed by atoms with Crippen LogP contribution < -0.4 is 10.9 Å². The van der Waals surface area contributed by atoms with Crippen molar-refractivity contribution in [2.45, 2.75) is 26.8 Å². The van der Waals surface area contributed by atoms with Crippen molar-refractivity contribution in [1.29, 1.82) is 0 Å². The molecule has 0 fully saturated rings. The number of amides is 1. The van der Waals surface area contributed by atoms with E-state index in [0.717, 1.165) is 21.0 Å². The maximum Gasteiger partial charge on any atom is 0.294 e. The number of aromatic nitrogens is 3. The third-order valence-corrected chi connectivity index (χ3v) is 6.15. The molecule has 1 amide bonds. The van der Waals surface area contributed by atoms with E-state index < -0.39 is 0 Å². The summed E-state index contributed by atoms with van der Waals surface area (Å²) in [5.41, 5.74) is 2.59. The van der Waals surface area contributed by atoms with E-state index in [2.05, 4.69) is 22.3 Å². The van der Waals surface area contributed by atoms with Gasteiger partial charge in [0.2, 0.25) is 5.91 Å². The van der Waals surface area contributed by atoms with E-state index in [0.29, 0.717) is 16.9 Å². The van der Waals surface area contributed by atoms with Gasteiger partial charge in [-0.05, 0) is 42.5 Å². The number of rotatable bonds is 5. The molecule has 0 unspecified atom stereocenters. The van der Waals surface area contributed by atoms with Gasteiger partial charge in [-0.2, -0.15) is 5.10 Å². The topological polar surface area (TPSA) is 76.9 Å². The number of carbonyl (C=O) groups excluding carboxylic acids is 1. The lowest BCUT2D eigenvalue weighted by Crippen LogP contribution is -2.30. The summed E-state index contributed by atoms with van der Waals surface area (Å²) in [6.07, 6.45) is 0.937. The summed E-state index contributed by atoms with van der Waals surface area (Å²) >= 11 is 2.98. The molecule has 1 aromatic carbocycles. The standard InChI is InChI=1S/C20H18N4O2S2/c1-3-13-6-8-14(9-7-13)22-16(25)11-24-20(26)18-19(28-12(2)21-18)17(23-24)15-5-4-10-27-15/h4-10H,3,11H2,1-2H3,(H,22,25). The molecule has 0 aliphatic heterocycles. The predicted molar refractivity (Wildman–Crippen MR) is 114 cm³/mol. The number of thiophene rings is 1. The molecule has 0 aliphatic carbocycles. The van der Waals surface area contributed by atoms with Crippen LogP contribution in [0.25, 0.3) is 20.8 Å². The van der Waals surface area contributed by atoms with Crippen LogP contribution in [-0.2, 0) is 17.8 Å². The molecule has 28 heavy (non-hydrogen) atoms. The molecule has 6 nitrogen and oxygen atoms in total. The Morgan fingerprint density at radius 3 is 2.68 bits per heavy atom. The highest BCUT2D eigenvalue weighted by Crippen LogP contribution is 2.31. The second kappa shape index (κ2) is 7.65. The van der Waals surface area contributed by atoms with Gasteiger partial charge in [0.15, 0.2) is 5.52 Å². The SMILES string of the molecule is CCc1ccc(NC(=O)Cn2nc(-c3cccs3)c3sc(C)nc3c2=O)cc1. The van der Waals surface area contributed by atoms with Crippen LogP contribution in [0.15, 0.2) is 46.6 Å². The second-order valence-corrected chi connectivity index (χ2v) is 8.45. The molecule has 0 bridgehead atoms. The van der Waals surface area contributed by atoms with Gasteiger partial charge in [0.1, 0.15) is 12.2 Å². The van der Waals surface area contributed by atoms with Gasteiger partial charge in [0, 0.05) is 5.69 Å². The van der Waals surface area contributed by atoms with Gasteiger partial charge in [-0.1, -0.05) is 25.1 Å². The van der Waals surface area contributed by atoms with Gasteiger partial charge >= 0.3 is 0 Å². The fourth-order valence-electron chi connectivity index (χ4n) is 2.91. The third-order valence-electron chi connectivity index (χ3n) is 4.30. The molecule has 0 saturated heterocycles. The van der Waals surface area contributed by atoms with Crippen molar-refractivity contribution >= 4 is 44.5 Å². The summed E-state index contributed by atoms with van der Waals surface area (Å²) in [4.78, 5) is 30.6. The first-order valence-electron chi connectivity index (χ1n) is 8.86. The Hall–Kier alpha value is -2.84. The lowest BCUT2D eigenvalue weighted by Gasteiger charge is -2.09. The summed E-state index contributed by atoms with van der Waals surface area (Å²) in [6.45, 7) is 3.77. The minimum absolute atomic E-state index is 0.167. The summed E-state index contributed by atoms with van der Waals surface area (Å²) in [7, 11) is 0. The number of benzene rings is 1. The molecular weight excluding hydrogens is 392 g/mol. The van der Waals surface area contributed by atoms with Gasteiger partial charge in [-0.15, -0.1) is 22.7 Å². The first-order valence-corrected chi connectivity index (χ1v) is 10.6. The van der Waals surface area contributed by atoms with E-state index in [1.54, 1.807) is 11.3 Å². The molecule has 4 aromatic rings. The maximum atomic E-state index is 12.8. The van der Waals surface area contributed by atoms with Crippen LogP contribution in [0.4, 0.5) is 5.69 Å². The lowest BCUT2D eigenvalue weighted by atomic mass is 10.1. The lowest BCUT2D eigenvalue weighted by molar-refractivity contribution is -0.117. The molecule has 0 spiro atoms. The van der Waals surface area contributed by atoms with E-state index in [9.17, 15) is 9.59 Å². The second-order valence-electron chi connectivity index (χ2n) is 6.30. The van der Waals surface area contributed by atoms with Crippen LogP contribution in [0.2, 0.25) is 0 Å². The number of thiazole rings is 1. The summed E-state index contributed by atoms with van der Waals surface area (Å²) in [5.74, 6) is -0.303. The number of fused-ring (bicyclic) bond motifs is 1. The molecular formula is C20H18N4O2S2. The van der Waals surface area contributed by atoms with Crippen LogP contribution >= 0.6 is 22.7 Å². The molecule has 0 radical (unpaired) electrons. The highest BCUT2D eigenvalue weighted by Gasteiger charge is 2.18. The van der Waals surface area contributed by atoms with Crippen LogP contribution in [0, 0.1) is 6.92 Å². The van der Waals surface area contributed by atoms with Crippen molar-refractivity contribution in [1.82, 2.24) is 14.8 Å². The van der Waals surface area contributed by atoms with Gasteiger partial charge < -0.3 is 5.32 Å². The Balaban J connectivity index is 1.67. The van der Waals surface area contributed by atoms with Gasteiger partial charge in [-0.3, -0.25) is 9.59 Å². The normalized spacial score (nSPS) is 11.1. The first kappa shape index (κ1) is 18.5. The van der Waals surface area contributed by atoms with Crippen LogP contribution in [0.1, 0.15) is 17.5 Å². The van der Waals surface area contributed by atoms with E-state index in [1.807, 2.05) is 48.7 Å². The minimum atomic E-state index is -0.351. The molecule has 0 saturated carbocycles. The zero-order valence-electron chi connectivity index (χ0n) is 15.4. The number of carbonyl (C=O) groups is 1. The van der Waals surface area contributed by atoms with Crippen molar-refractivity contribution in [2.75, 3.05) is 5.32 Å². The Kier molecular flexibility index (Phi) is 5.06. The van der Waals surface area contributed by atoms with Gasteiger partial charge in [-0.25, -0.2) is 9.67 Å². The van der Waals surface area contributed by atoms with Crippen molar-refractivity contribution in [3.63, 3.8) is 0 Å². The Labute approximate surface area is 169 Å². The number of nitrogens with one attached hydrogen (secondary N) is 1. The number of aryl methyl sites for hydroxylation is 2. The van der Waals surface area contributed by atoms with E-state index in [1.165, 1.54) is 21.6 Å². The average Bonchev–Trinajstić information content (AvgIpc) is 3.34. The maximum absolute atomic E-state index is 12.8. The predicted octanol–water partition coefficient (Wildman–Crippen LogP) is 4.09. The zero-order valence-corrected chi connectivity index (χ0v) is 17.1. The molecule has 0 atom stereocenters. The van der Waals surface area contributed by atoms with Crippen molar-refractivity contribution in [3.8, 4) is 10.6 Å². The average molecular weight is 411 g/mol. The van der Waals surface area contributed by atoms with E-state index >= 15 is 0 Å². The number of anilines is 1. The van der Waals surface area contributed by atoms with Crippen molar-refractivity contribution in [3.05, 3.63) is 62.7 Å². The molecule has 3 aromatic heterocycles. The fraction of sp³-hybridized carbons (Fsp3) is 0.200. The largest absolute Gasteiger partial charge is 0.324 e. The van der Waals surface area contributed by atoms with Crippen molar-refractivity contribution in [2.24, 2.45) is 0 Å². The highest BCUT2D eigenvalue weighted by atomic mass is 32.1. The molecule has 0 aliphatic rings. The Morgan fingerprint density at radius 2 is 2.00 bits per heavy atom. The van der Waals surface area contributed by atoms with E-state index in [4.69, 9.17) is 0 Å².